The molecular weight excluding hydrogens is 388 g/mol. The SMILES string of the molecule is O=C(O)[C@@H]1CN(C(=O)Nc2cc(F)ccc2Br)C[C@H]1C(F)(F)F. The Morgan fingerprint density at radius 3 is 2.48 bits per heavy atom. The third kappa shape index (κ3) is 3.92. The summed E-state index contributed by atoms with van der Waals surface area (Å²) in [5, 5.41) is 11.2. The summed E-state index contributed by atoms with van der Waals surface area (Å²) in [5.74, 6) is -6.12. The van der Waals surface area contributed by atoms with Gasteiger partial charge in [-0.25, -0.2) is 9.18 Å². The summed E-state index contributed by atoms with van der Waals surface area (Å²) in [7, 11) is 0. The zero-order valence-electron chi connectivity index (χ0n) is 11.4. The van der Waals surface area contributed by atoms with Crippen LogP contribution in [0.2, 0.25) is 0 Å². The molecular formula is C13H11BrF4N2O3. The smallest absolute Gasteiger partial charge is 0.394 e. The predicted molar refractivity (Wildman–Crippen MR) is 75.4 cm³/mol. The van der Waals surface area contributed by atoms with E-state index in [1.807, 2.05) is 0 Å². The molecule has 10 heteroatoms. The monoisotopic (exact) mass is 398 g/mol. The van der Waals surface area contributed by atoms with Crippen molar-refractivity contribution >= 4 is 33.6 Å². The van der Waals surface area contributed by atoms with Crippen molar-refractivity contribution in [3.05, 3.63) is 28.5 Å². The van der Waals surface area contributed by atoms with Gasteiger partial charge in [-0.15, -0.1) is 0 Å². The number of hydrogen-bond acceptors (Lipinski definition) is 2. The highest BCUT2D eigenvalue weighted by Crippen LogP contribution is 2.38. The van der Waals surface area contributed by atoms with Gasteiger partial charge < -0.3 is 15.3 Å². The first-order valence-electron chi connectivity index (χ1n) is 6.40. The second-order valence-corrected chi connectivity index (χ2v) is 5.91. The number of amides is 2. The van der Waals surface area contributed by atoms with Crippen molar-refractivity contribution in [2.45, 2.75) is 6.18 Å². The van der Waals surface area contributed by atoms with Gasteiger partial charge in [-0.1, -0.05) is 0 Å². The second kappa shape index (κ2) is 6.34. The Kier molecular flexibility index (Phi) is 4.83. The van der Waals surface area contributed by atoms with Crippen molar-refractivity contribution in [3.63, 3.8) is 0 Å². The van der Waals surface area contributed by atoms with E-state index >= 15 is 0 Å². The summed E-state index contributed by atoms with van der Waals surface area (Å²) >= 11 is 3.07. The fraction of sp³-hybridized carbons (Fsp3) is 0.385. The van der Waals surface area contributed by atoms with Gasteiger partial charge in [0.25, 0.3) is 0 Å². The van der Waals surface area contributed by atoms with Crippen molar-refractivity contribution < 1.29 is 32.3 Å². The van der Waals surface area contributed by atoms with Crippen LogP contribution in [-0.4, -0.2) is 41.3 Å². The molecule has 2 atom stereocenters. The van der Waals surface area contributed by atoms with E-state index in [4.69, 9.17) is 5.11 Å². The van der Waals surface area contributed by atoms with Crippen LogP contribution in [0.25, 0.3) is 0 Å². The molecule has 1 saturated heterocycles. The standard InChI is InChI=1S/C13H11BrF4N2O3/c14-9-2-1-6(15)3-10(9)19-12(23)20-4-7(11(21)22)8(5-20)13(16,17)18/h1-3,7-8H,4-5H2,(H,19,23)(H,21,22)/t7-,8-/m1/s1. The molecule has 0 saturated carbocycles. The normalized spacial score (nSPS) is 21.3. The van der Waals surface area contributed by atoms with Crippen molar-refractivity contribution in [1.82, 2.24) is 4.90 Å². The van der Waals surface area contributed by atoms with Gasteiger partial charge >= 0.3 is 18.2 Å². The molecule has 0 aliphatic carbocycles. The molecule has 0 aromatic heterocycles. The van der Waals surface area contributed by atoms with E-state index in [0.717, 1.165) is 17.0 Å². The topological polar surface area (TPSA) is 69.6 Å². The highest BCUT2D eigenvalue weighted by atomic mass is 79.9. The zero-order valence-corrected chi connectivity index (χ0v) is 13.0. The number of hydrogen-bond donors (Lipinski definition) is 2. The lowest BCUT2D eigenvalue weighted by atomic mass is 9.96. The highest BCUT2D eigenvalue weighted by Gasteiger charge is 2.53. The van der Waals surface area contributed by atoms with Gasteiger partial charge in [0, 0.05) is 17.6 Å². The van der Waals surface area contributed by atoms with Gasteiger partial charge in [0.1, 0.15) is 5.82 Å². The third-order valence-electron chi connectivity index (χ3n) is 3.51. The molecule has 23 heavy (non-hydrogen) atoms. The lowest BCUT2D eigenvalue weighted by Crippen LogP contribution is -2.35. The molecule has 1 heterocycles. The second-order valence-electron chi connectivity index (χ2n) is 5.05. The Hall–Kier alpha value is -1.84. The van der Waals surface area contributed by atoms with E-state index in [0.29, 0.717) is 4.47 Å². The van der Waals surface area contributed by atoms with E-state index in [1.54, 1.807) is 0 Å². The molecule has 1 aromatic carbocycles. The largest absolute Gasteiger partial charge is 0.481 e. The van der Waals surface area contributed by atoms with Gasteiger partial charge in [0.15, 0.2) is 0 Å². The number of urea groups is 1. The van der Waals surface area contributed by atoms with Crippen LogP contribution >= 0.6 is 15.9 Å². The molecule has 2 amide bonds. The van der Waals surface area contributed by atoms with Crippen LogP contribution in [0.5, 0.6) is 0 Å². The number of carboxylic acids is 1. The molecule has 1 aromatic rings. The molecule has 1 aliphatic heterocycles. The van der Waals surface area contributed by atoms with Crippen molar-refractivity contribution in [2.24, 2.45) is 11.8 Å². The lowest BCUT2D eigenvalue weighted by Gasteiger charge is -2.19. The fourth-order valence-electron chi connectivity index (χ4n) is 2.34. The van der Waals surface area contributed by atoms with Gasteiger partial charge in [-0.2, -0.15) is 13.2 Å². The lowest BCUT2D eigenvalue weighted by molar-refractivity contribution is -0.187. The molecule has 1 aliphatic rings. The van der Waals surface area contributed by atoms with Crippen LogP contribution in [0.15, 0.2) is 22.7 Å². The first kappa shape index (κ1) is 17.5. The van der Waals surface area contributed by atoms with Gasteiger partial charge in [-0.3, -0.25) is 4.79 Å². The summed E-state index contributed by atoms with van der Waals surface area (Å²) < 4.78 is 52.1. The number of carbonyl (C=O) groups excluding carboxylic acids is 1. The van der Waals surface area contributed by atoms with Crippen molar-refractivity contribution in [3.8, 4) is 0 Å². The van der Waals surface area contributed by atoms with Crippen LogP contribution < -0.4 is 5.32 Å². The van der Waals surface area contributed by atoms with Crippen LogP contribution in [0, 0.1) is 17.7 Å². The van der Waals surface area contributed by atoms with E-state index in [-0.39, 0.29) is 5.69 Å². The minimum atomic E-state index is -4.72. The van der Waals surface area contributed by atoms with Crippen LogP contribution in [-0.2, 0) is 4.79 Å². The molecule has 0 bridgehead atoms. The Balaban J connectivity index is 2.14. The molecule has 0 unspecified atom stereocenters. The number of rotatable bonds is 2. The van der Waals surface area contributed by atoms with E-state index in [1.165, 1.54) is 6.07 Å². The molecule has 2 rings (SSSR count). The Morgan fingerprint density at radius 1 is 1.30 bits per heavy atom. The molecule has 1 fully saturated rings. The number of halogens is 5. The average Bonchev–Trinajstić information content (AvgIpc) is 2.88. The van der Waals surface area contributed by atoms with Gasteiger partial charge in [-0.05, 0) is 34.1 Å². The third-order valence-corrected chi connectivity index (χ3v) is 4.21. The van der Waals surface area contributed by atoms with E-state index < -0.39 is 48.9 Å². The maximum atomic E-state index is 13.1. The minimum Gasteiger partial charge on any atom is -0.481 e. The fourth-order valence-corrected chi connectivity index (χ4v) is 2.68. The number of nitrogens with one attached hydrogen (secondary N) is 1. The summed E-state index contributed by atoms with van der Waals surface area (Å²) in [6.07, 6.45) is -4.72. The van der Waals surface area contributed by atoms with Crippen molar-refractivity contribution in [2.75, 3.05) is 18.4 Å². The number of carboxylic acid groups (broad SMARTS) is 1. The van der Waals surface area contributed by atoms with Gasteiger partial charge in [0.2, 0.25) is 0 Å². The van der Waals surface area contributed by atoms with Crippen LogP contribution in [0.1, 0.15) is 0 Å². The first-order valence-corrected chi connectivity index (χ1v) is 7.19. The molecule has 2 N–H and O–H groups in total. The van der Waals surface area contributed by atoms with Crippen molar-refractivity contribution in [1.29, 1.82) is 0 Å². The number of likely N-dealkylation sites (tertiary alicyclic amines) is 1. The number of carbonyl (C=O) groups is 2. The van der Waals surface area contributed by atoms with Crippen LogP contribution in [0.3, 0.4) is 0 Å². The first-order chi connectivity index (χ1) is 10.6. The number of aliphatic carboxylic acids is 1. The summed E-state index contributed by atoms with van der Waals surface area (Å²) in [4.78, 5) is 23.8. The maximum Gasteiger partial charge on any atom is 0.394 e. The zero-order chi connectivity index (χ0) is 17.4. The maximum absolute atomic E-state index is 13.1. The van der Waals surface area contributed by atoms with Crippen LogP contribution in [0.4, 0.5) is 28.0 Å². The number of anilines is 1. The van der Waals surface area contributed by atoms with E-state index in [2.05, 4.69) is 21.2 Å². The molecule has 126 valence electrons. The van der Waals surface area contributed by atoms with Gasteiger partial charge in [0.05, 0.1) is 17.5 Å². The summed E-state index contributed by atoms with van der Waals surface area (Å²) in [6, 6.07) is 2.53. The summed E-state index contributed by atoms with van der Waals surface area (Å²) in [5.41, 5.74) is 0.0392. The minimum absolute atomic E-state index is 0.0392. The number of benzene rings is 1. The Bertz CT molecular complexity index is 638. The average molecular weight is 399 g/mol. The Labute approximate surface area is 136 Å². The molecule has 0 radical (unpaired) electrons. The quantitative estimate of drug-likeness (QED) is 0.750. The number of nitrogens with zero attached hydrogens (tertiary/aromatic N) is 1. The molecule has 0 spiro atoms. The summed E-state index contributed by atoms with van der Waals surface area (Å²) in [6.45, 7) is -1.34. The molecule has 5 nitrogen and oxygen atoms in total. The highest BCUT2D eigenvalue weighted by molar-refractivity contribution is 9.10. The Morgan fingerprint density at radius 2 is 1.96 bits per heavy atom. The number of alkyl halides is 3. The van der Waals surface area contributed by atoms with E-state index in [9.17, 15) is 27.2 Å². The predicted octanol–water partition coefficient (Wildman–Crippen LogP) is 3.32.